The van der Waals surface area contributed by atoms with Gasteiger partial charge in [0.1, 0.15) is 11.9 Å². The summed E-state index contributed by atoms with van der Waals surface area (Å²) in [5.41, 5.74) is -2.76. The van der Waals surface area contributed by atoms with Gasteiger partial charge in [0.2, 0.25) is 5.60 Å². The van der Waals surface area contributed by atoms with Crippen molar-refractivity contribution in [2.45, 2.75) is 309 Å². The Bertz CT molecular complexity index is 1010. The number of allylic oxidation sites excluding steroid dienone is 2. The molecule has 6 nitrogen and oxygen atoms in total. The minimum atomic E-state index is -2.76. The first-order chi connectivity index (χ1) is 29.8. The summed E-state index contributed by atoms with van der Waals surface area (Å²) in [5, 5.41) is 32.4. The number of carbonyl (C=O) groups is 3. The van der Waals surface area contributed by atoms with Gasteiger partial charge < -0.3 is 15.3 Å². The molecule has 0 amide bonds. The van der Waals surface area contributed by atoms with Gasteiger partial charge in [-0.05, 0) is 44.9 Å². The maximum absolute atomic E-state index is 14.1. The van der Waals surface area contributed by atoms with Crippen LogP contribution in [0.25, 0.3) is 0 Å². The molecule has 360 valence electrons. The Morgan fingerprint density at radius 3 is 1.07 bits per heavy atom. The zero-order chi connectivity index (χ0) is 44.9. The smallest absolute Gasteiger partial charge is 0.210 e. The summed E-state index contributed by atoms with van der Waals surface area (Å²) in [4.78, 5) is 41.5. The molecule has 61 heavy (non-hydrogen) atoms. The van der Waals surface area contributed by atoms with Crippen LogP contribution < -0.4 is 0 Å². The Labute approximate surface area is 379 Å². The van der Waals surface area contributed by atoms with E-state index in [1.54, 1.807) is 0 Å². The fraction of sp³-hybridized carbons (Fsp3) is 0.909. The predicted molar refractivity (Wildman–Crippen MR) is 261 cm³/mol. The molecule has 0 aromatic rings. The molecule has 0 aromatic carbocycles. The van der Waals surface area contributed by atoms with Crippen molar-refractivity contribution < 1.29 is 29.7 Å². The van der Waals surface area contributed by atoms with Crippen LogP contribution in [0.4, 0.5) is 0 Å². The summed E-state index contributed by atoms with van der Waals surface area (Å²) in [7, 11) is 0. The lowest BCUT2D eigenvalue weighted by Crippen LogP contribution is -2.60. The third kappa shape index (κ3) is 33.8. The Morgan fingerprint density at radius 1 is 0.426 bits per heavy atom. The van der Waals surface area contributed by atoms with E-state index >= 15 is 0 Å². The normalized spacial score (nSPS) is 13.8. The Morgan fingerprint density at radius 2 is 0.721 bits per heavy atom. The van der Waals surface area contributed by atoms with E-state index in [0.717, 1.165) is 70.6 Å². The number of hydrogen-bond acceptors (Lipinski definition) is 6. The molecule has 3 unspecified atom stereocenters. The van der Waals surface area contributed by atoms with Gasteiger partial charge in [0.15, 0.2) is 11.6 Å². The predicted octanol–water partition coefficient (Wildman–Crippen LogP) is 15.8. The molecule has 3 N–H and O–H groups in total. The second kappa shape index (κ2) is 45.2. The van der Waals surface area contributed by atoms with Gasteiger partial charge in [-0.2, -0.15) is 0 Å². The standard InChI is InChI=1S/C55H104O6/c1-4-7-10-13-16-19-22-25-27-29-32-35-38-41-44-47-51(57)50(46-43-40-37-34-31-24-21-18-15-12-9-6-3)54(60)55(61,53(59)49-56)52(58)48-45-42-39-36-33-30-28-26-23-20-17-14-11-8-5-2/h25,27,50,53,56,59,61H,4-24,26,28-49H2,1-3H3/b27-25-. The first-order valence-electron chi connectivity index (χ1n) is 27.1. The first kappa shape index (κ1) is 59.6. The van der Waals surface area contributed by atoms with Crippen molar-refractivity contribution in [2.24, 2.45) is 5.92 Å². The molecule has 0 bridgehead atoms. The van der Waals surface area contributed by atoms with Crippen LogP contribution >= 0.6 is 0 Å². The van der Waals surface area contributed by atoms with Crippen LogP contribution in [0.5, 0.6) is 0 Å². The number of unbranched alkanes of at least 4 members (excludes halogenated alkanes) is 36. The summed E-state index contributed by atoms with van der Waals surface area (Å²) in [5.74, 6) is -3.05. The first-order valence-corrected chi connectivity index (χ1v) is 27.1. The number of aliphatic hydroxyl groups excluding tert-OH is 2. The van der Waals surface area contributed by atoms with Gasteiger partial charge in [0.05, 0.1) is 12.5 Å². The molecule has 3 atom stereocenters. The highest BCUT2D eigenvalue weighted by atomic mass is 16.4. The number of carbonyl (C=O) groups excluding carboxylic acids is 3. The summed E-state index contributed by atoms with van der Waals surface area (Å²) >= 11 is 0. The van der Waals surface area contributed by atoms with Crippen LogP contribution in [0.3, 0.4) is 0 Å². The molecule has 0 aromatic heterocycles. The minimum Gasteiger partial charge on any atom is -0.394 e. The molecule has 0 fully saturated rings. The Balaban J connectivity index is 4.96. The lowest BCUT2D eigenvalue weighted by molar-refractivity contribution is -0.170. The fourth-order valence-electron chi connectivity index (χ4n) is 8.90. The van der Waals surface area contributed by atoms with E-state index in [1.807, 2.05) is 0 Å². The van der Waals surface area contributed by atoms with Crippen molar-refractivity contribution in [3.8, 4) is 0 Å². The van der Waals surface area contributed by atoms with Crippen LogP contribution in [0.2, 0.25) is 0 Å². The average molecular weight is 861 g/mol. The van der Waals surface area contributed by atoms with Crippen LogP contribution in [0, 0.1) is 5.92 Å². The molecule has 0 heterocycles. The van der Waals surface area contributed by atoms with Gasteiger partial charge in [-0.15, -0.1) is 0 Å². The number of aliphatic hydroxyl groups is 3. The second-order valence-electron chi connectivity index (χ2n) is 19.0. The summed E-state index contributed by atoms with van der Waals surface area (Å²) in [6.45, 7) is 5.84. The Kier molecular flexibility index (Phi) is 44.2. The Hall–Kier alpha value is -1.37. The van der Waals surface area contributed by atoms with Crippen LogP contribution in [0.15, 0.2) is 12.2 Å². The SMILES string of the molecule is CCCCCCCC/C=C\CCCCCCCC(=O)C(CCCCCCCCCCCCCC)C(=O)C(O)(C(=O)CCCCCCCCCCCCCCCCC)C(O)CO. The zero-order valence-corrected chi connectivity index (χ0v) is 41.0. The van der Waals surface area contributed by atoms with Crippen molar-refractivity contribution >= 4 is 17.3 Å². The molecule has 0 rings (SSSR count). The monoisotopic (exact) mass is 861 g/mol. The van der Waals surface area contributed by atoms with E-state index in [-0.39, 0.29) is 25.0 Å². The molecule has 0 aliphatic rings. The fourth-order valence-corrected chi connectivity index (χ4v) is 8.90. The van der Waals surface area contributed by atoms with Gasteiger partial charge in [0, 0.05) is 12.8 Å². The van der Waals surface area contributed by atoms with Crippen molar-refractivity contribution in [2.75, 3.05) is 6.61 Å². The zero-order valence-electron chi connectivity index (χ0n) is 41.0. The maximum Gasteiger partial charge on any atom is 0.210 e. The molecule has 0 spiro atoms. The lowest BCUT2D eigenvalue weighted by Gasteiger charge is -2.32. The van der Waals surface area contributed by atoms with Crippen molar-refractivity contribution in [3.05, 3.63) is 12.2 Å². The highest BCUT2D eigenvalue weighted by Gasteiger charge is 2.52. The molecule has 0 aliphatic carbocycles. The third-order valence-electron chi connectivity index (χ3n) is 13.2. The van der Waals surface area contributed by atoms with E-state index in [1.165, 1.54) is 167 Å². The summed E-state index contributed by atoms with van der Waals surface area (Å²) in [6.07, 6.45) is 50.0. The van der Waals surface area contributed by atoms with Gasteiger partial charge in [-0.1, -0.05) is 251 Å². The topological polar surface area (TPSA) is 112 Å². The van der Waals surface area contributed by atoms with E-state index in [4.69, 9.17) is 0 Å². The average Bonchev–Trinajstić information content (AvgIpc) is 3.26. The third-order valence-corrected chi connectivity index (χ3v) is 13.2. The summed E-state index contributed by atoms with van der Waals surface area (Å²) < 4.78 is 0. The molecule has 0 saturated carbocycles. The quantitative estimate of drug-likeness (QED) is 0.0319. The van der Waals surface area contributed by atoms with Crippen molar-refractivity contribution in [3.63, 3.8) is 0 Å². The molecule has 0 aliphatic heterocycles. The highest BCUT2D eigenvalue weighted by Crippen LogP contribution is 2.28. The van der Waals surface area contributed by atoms with Crippen molar-refractivity contribution in [1.82, 2.24) is 0 Å². The van der Waals surface area contributed by atoms with Gasteiger partial charge in [0.25, 0.3) is 0 Å². The van der Waals surface area contributed by atoms with E-state index in [2.05, 4.69) is 32.9 Å². The number of rotatable bonds is 50. The van der Waals surface area contributed by atoms with Crippen LogP contribution in [-0.2, 0) is 14.4 Å². The molecule has 0 radical (unpaired) electrons. The van der Waals surface area contributed by atoms with Gasteiger partial charge in [-0.25, -0.2) is 0 Å². The lowest BCUT2D eigenvalue weighted by atomic mass is 9.76. The molecular weight excluding hydrogens is 757 g/mol. The molecule has 6 heteroatoms. The summed E-state index contributed by atoms with van der Waals surface area (Å²) in [6, 6.07) is 0. The number of Topliss-reactive ketones (excluding diaryl/α,β-unsaturated/α-hetero) is 3. The van der Waals surface area contributed by atoms with Gasteiger partial charge in [-0.3, -0.25) is 14.4 Å². The van der Waals surface area contributed by atoms with Crippen LogP contribution in [-0.4, -0.2) is 51.0 Å². The minimum absolute atomic E-state index is 0.0503. The van der Waals surface area contributed by atoms with Crippen molar-refractivity contribution in [1.29, 1.82) is 0 Å². The second-order valence-corrected chi connectivity index (χ2v) is 19.0. The molecule has 0 saturated heterocycles. The number of hydrogen-bond donors (Lipinski definition) is 3. The largest absolute Gasteiger partial charge is 0.394 e. The molecular formula is C55H104O6. The van der Waals surface area contributed by atoms with E-state index in [9.17, 15) is 29.7 Å². The highest BCUT2D eigenvalue weighted by molar-refractivity contribution is 6.17. The number of ketones is 3. The van der Waals surface area contributed by atoms with Gasteiger partial charge >= 0.3 is 0 Å². The maximum atomic E-state index is 14.1. The van der Waals surface area contributed by atoms with E-state index in [0.29, 0.717) is 19.3 Å². The van der Waals surface area contributed by atoms with E-state index < -0.39 is 35.8 Å². The van der Waals surface area contributed by atoms with Crippen LogP contribution in [0.1, 0.15) is 297 Å².